The summed E-state index contributed by atoms with van der Waals surface area (Å²) in [4.78, 5) is 0. The zero-order chi connectivity index (χ0) is 11.1. The Hall–Kier alpha value is -1.02. The van der Waals surface area contributed by atoms with Gasteiger partial charge >= 0.3 is 0 Å². The van der Waals surface area contributed by atoms with Crippen LogP contribution in [0.1, 0.15) is 43.4 Å². The molecule has 2 heteroatoms. The van der Waals surface area contributed by atoms with Crippen LogP contribution in [0.15, 0.2) is 12.1 Å². The van der Waals surface area contributed by atoms with Crippen LogP contribution in [0.5, 0.6) is 5.75 Å². The zero-order valence-electron chi connectivity index (χ0n) is 9.38. The van der Waals surface area contributed by atoms with Crippen LogP contribution in [0, 0.1) is 0 Å². The van der Waals surface area contributed by atoms with Crippen molar-refractivity contribution < 1.29 is 10.2 Å². The van der Waals surface area contributed by atoms with Crippen molar-refractivity contribution in [3.8, 4) is 5.75 Å². The van der Waals surface area contributed by atoms with Gasteiger partial charge in [0, 0.05) is 5.56 Å². The van der Waals surface area contributed by atoms with Crippen molar-refractivity contribution in [1.82, 2.24) is 0 Å². The molecule has 0 aromatic heterocycles. The highest BCUT2D eigenvalue weighted by atomic mass is 16.3. The number of benzene rings is 1. The molecule has 0 spiro atoms. The summed E-state index contributed by atoms with van der Waals surface area (Å²) >= 11 is 0. The molecule has 1 aromatic rings. The first-order chi connectivity index (χ1) is 6.98. The van der Waals surface area contributed by atoms with Crippen LogP contribution < -0.4 is 0 Å². The van der Waals surface area contributed by atoms with Gasteiger partial charge in [0.15, 0.2) is 0 Å². The lowest BCUT2D eigenvalue weighted by atomic mass is 9.86. The van der Waals surface area contributed by atoms with E-state index in [1.54, 1.807) is 13.8 Å². The Morgan fingerprint density at radius 3 is 2.13 bits per heavy atom. The van der Waals surface area contributed by atoms with Gasteiger partial charge in [-0.2, -0.15) is 0 Å². The summed E-state index contributed by atoms with van der Waals surface area (Å²) in [6.07, 6.45) is 4.53. The average molecular weight is 206 g/mol. The molecule has 0 saturated heterocycles. The molecule has 0 unspecified atom stereocenters. The number of hydrogen-bond donors (Lipinski definition) is 2. The fourth-order valence-electron chi connectivity index (χ4n) is 2.26. The molecule has 2 nitrogen and oxygen atoms in total. The normalized spacial score (nSPS) is 16.2. The Bertz CT molecular complexity index is 375. The third kappa shape index (κ3) is 2.00. The summed E-state index contributed by atoms with van der Waals surface area (Å²) in [5.41, 5.74) is 2.21. The molecule has 2 N–H and O–H groups in total. The number of aryl methyl sites for hydroxylation is 2. The quantitative estimate of drug-likeness (QED) is 0.741. The minimum Gasteiger partial charge on any atom is -0.508 e. The van der Waals surface area contributed by atoms with E-state index in [0.717, 1.165) is 12.8 Å². The molecule has 0 bridgehead atoms. The third-order valence-corrected chi connectivity index (χ3v) is 3.12. The maximum atomic E-state index is 9.91. The summed E-state index contributed by atoms with van der Waals surface area (Å²) in [5, 5.41) is 19.8. The van der Waals surface area contributed by atoms with Gasteiger partial charge in [-0.05, 0) is 62.8 Å². The number of aliphatic hydroxyl groups is 1. The maximum Gasteiger partial charge on any atom is 0.121 e. The van der Waals surface area contributed by atoms with E-state index in [2.05, 4.69) is 0 Å². The summed E-state index contributed by atoms with van der Waals surface area (Å²) < 4.78 is 0. The van der Waals surface area contributed by atoms with E-state index in [1.165, 1.54) is 24.0 Å². The second kappa shape index (κ2) is 3.53. The first-order valence-corrected chi connectivity index (χ1v) is 5.56. The van der Waals surface area contributed by atoms with Crippen molar-refractivity contribution >= 4 is 0 Å². The van der Waals surface area contributed by atoms with Gasteiger partial charge in [0.25, 0.3) is 0 Å². The molecule has 82 valence electrons. The Kier molecular flexibility index (Phi) is 2.47. The van der Waals surface area contributed by atoms with Crippen LogP contribution in [0.4, 0.5) is 0 Å². The van der Waals surface area contributed by atoms with Crippen molar-refractivity contribution in [3.05, 3.63) is 28.8 Å². The van der Waals surface area contributed by atoms with E-state index in [1.807, 2.05) is 12.1 Å². The van der Waals surface area contributed by atoms with Crippen LogP contribution in [-0.2, 0) is 18.4 Å². The molecule has 0 heterocycles. The lowest BCUT2D eigenvalue weighted by Gasteiger charge is -2.23. The average Bonchev–Trinajstić information content (AvgIpc) is 2.15. The second-order valence-corrected chi connectivity index (χ2v) is 4.90. The Balaban J connectivity index is 2.50. The lowest BCUT2D eigenvalue weighted by Crippen LogP contribution is -2.17. The molecule has 0 aliphatic heterocycles. The van der Waals surface area contributed by atoms with Crippen LogP contribution in [0.2, 0.25) is 0 Å². The monoisotopic (exact) mass is 206 g/mol. The van der Waals surface area contributed by atoms with Gasteiger partial charge in [-0.3, -0.25) is 0 Å². The fraction of sp³-hybridized carbons (Fsp3) is 0.538. The van der Waals surface area contributed by atoms with Gasteiger partial charge in [-0.1, -0.05) is 0 Å². The summed E-state index contributed by atoms with van der Waals surface area (Å²) in [6, 6.07) is 3.78. The van der Waals surface area contributed by atoms with Crippen LogP contribution in [0.25, 0.3) is 0 Å². The number of phenolic OH excluding ortho intramolecular Hbond substituents is 1. The molecule has 1 aliphatic rings. The molecule has 0 fully saturated rings. The van der Waals surface area contributed by atoms with Crippen molar-refractivity contribution in [2.75, 3.05) is 0 Å². The Labute approximate surface area is 90.6 Å². The largest absolute Gasteiger partial charge is 0.508 e. The van der Waals surface area contributed by atoms with Gasteiger partial charge in [-0.25, -0.2) is 0 Å². The number of phenols is 1. The highest BCUT2D eigenvalue weighted by Crippen LogP contribution is 2.34. The molecular formula is C13H18O2. The number of hydrogen-bond acceptors (Lipinski definition) is 2. The van der Waals surface area contributed by atoms with Crippen LogP contribution in [-0.4, -0.2) is 10.2 Å². The predicted octanol–water partition coefficient (Wildman–Crippen LogP) is 2.50. The van der Waals surface area contributed by atoms with Gasteiger partial charge in [-0.15, -0.1) is 0 Å². The van der Waals surface area contributed by atoms with Crippen LogP contribution >= 0.6 is 0 Å². The van der Waals surface area contributed by atoms with Gasteiger partial charge in [0.05, 0.1) is 5.60 Å². The first-order valence-electron chi connectivity index (χ1n) is 5.56. The lowest BCUT2D eigenvalue weighted by molar-refractivity contribution is 0.0757. The molecule has 2 rings (SSSR count). The molecule has 0 saturated carbocycles. The minimum absolute atomic E-state index is 0.225. The van der Waals surface area contributed by atoms with Crippen molar-refractivity contribution in [1.29, 1.82) is 0 Å². The molecular weight excluding hydrogens is 188 g/mol. The molecule has 0 atom stereocenters. The van der Waals surface area contributed by atoms with E-state index < -0.39 is 5.60 Å². The van der Waals surface area contributed by atoms with Gasteiger partial charge < -0.3 is 10.2 Å². The molecule has 0 radical (unpaired) electrons. The predicted molar refractivity (Wildman–Crippen MR) is 60.0 cm³/mol. The molecule has 1 aromatic carbocycles. The van der Waals surface area contributed by atoms with E-state index in [9.17, 15) is 10.2 Å². The van der Waals surface area contributed by atoms with E-state index in [4.69, 9.17) is 0 Å². The molecule has 1 aliphatic carbocycles. The number of rotatable bonds is 1. The van der Waals surface area contributed by atoms with Gasteiger partial charge in [0.2, 0.25) is 0 Å². The Morgan fingerprint density at radius 1 is 1.07 bits per heavy atom. The highest BCUT2D eigenvalue weighted by Gasteiger charge is 2.22. The SMILES string of the molecule is CC(C)(O)c1cc2c(cc1O)CCCC2. The van der Waals surface area contributed by atoms with Gasteiger partial charge in [0.1, 0.15) is 5.75 Å². The number of fused-ring (bicyclic) bond motifs is 1. The maximum absolute atomic E-state index is 9.91. The van der Waals surface area contributed by atoms with E-state index in [0.29, 0.717) is 5.56 Å². The van der Waals surface area contributed by atoms with Crippen LogP contribution in [0.3, 0.4) is 0 Å². The topological polar surface area (TPSA) is 40.5 Å². The zero-order valence-corrected chi connectivity index (χ0v) is 9.38. The standard InChI is InChI=1S/C13H18O2/c1-13(2,15)11-7-9-5-3-4-6-10(9)8-12(11)14/h7-8,14-15H,3-6H2,1-2H3. The smallest absolute Gasteiger partial charge is 0.121 e. The first kappa shape index (κ1) is 10.5. The summed E-state index contributed by atoms with van der Waals surface area (Å²) in [7, 11) is 0. The van der Waals surface area contributed by atoms with E-state index >= 15 is 0 Å². The summed E-state index contributed by atoms with van der Waals surface area (Å²) in [6.45, 7) is 3.41. The van der Waals surface area contributed by atoms with Crippen molar-refractivity contribution in [2.45, 2.75) is 45.1 Å². The highest BCUT2D eigenvalue weighted by molar-refractivity contribution is 5.45. The molecule has 0 amide bonds. The van der Waals surface area contributed by atoms with E-state index in [-0.39, 0.29) is 5.75 Å². The van der Waals surface area contributed by atoms with Crippen molar-refractivity contribution in [3.63, 3.8) is 0 Å². The minimum atomic E-state index is -0.962. The number of aromatic hydroxyl groups is 1. The summed E-state index contributed by atoms with van der Waals surface area (Å²) in [5.74, 6) is 0.225. The van der Waals surface area contributed by atoms with Crippen molar-refractivity contribution in [2.24, 2.45) is 0 Å². The second-order valence-electron chi connectivity index (χ2n) is 4.90. The third-order valence-electron chi connectivity index (χ3n) is 3.12. The fourth-order valence-corrected chi connectivity index (χ4v) is 2.26. The molecule has 15 heavy (non-hydrogen) atoms. The Morgan fingerprint density at radius 2 is 1.60 bits per heavy atom.